The highest BCUT2D eigenvalue weighted by molar-refractivity contribution is 5.95. The molecule has 0 atom stereocenters. The van der Waals surface area contributed by atoms with Gasteiger partial charge in [0.1, 0.15) is 0 Å². The zero-order valence-corrected chi connectivity index (χ0v) is 11.0. The average molecular weight is 260 g/mol. The Morgan fingerprint density at radius 1 is 1.42 bits per heavy atom. The Bertz CT molecular complexity index is 551. The van der Waals surface area contributed by atoms with Gasteiger partial charge in [-0.1, -0.05) is 24.3 Å². The Morgan fingerprint density at radius 2 is 2.11 bits per heavy atom. The first kappa shape index (κ1) is 13.1. The van der Waals surface area contributed by atoms with Gasteiger partial charge in [0.25, 0.3) is 0 Å². The molecule has 0 saturated carbocycles. The Labute approximate surface area is 111 Å². The predicted molar refractivity (Wildman–Crippen MR) is 72.0 cm³/mol. The summed E-state index contributed by atoms with van der Waals surface area (Å²) in [6.07, 6.45) is 1.55. The van der Waals surface area contributed by atoms with E-state index >= 15 is 0 Å². The topological polar surface area (TPSA) is 60.9 Å². The number of rotatable bonds is 3. The van der Waals surface area contributed by atoms with Crippen LogP contribution in [0, 0.1) is 0 Å². The average Bonchev–Trinajstić information content (AvgIpc) is 2.39. The largest absolute Gasteiger partial charge is 0.478 e. The van der Waals surface area contributed by atoms with Crippen LogP contribution in [0.2, 0.25) is 0 Å². The Kier molecular flexibility index (Phi) is 3.55. The van der Waals surface area contributed by atoms with Gasteiger partial charge in [0, 0.05) is 25.7 Å². The third-order valence-electron chi connectivity index (χ3n) is 3.16. The summed E-state index contributed by atoms with van der Waals surface area (Å²) in [4.78, 5) is 26.1. The minimum atomic E-state index is -0.967. The summed E-state index contributed by atoms with van der Waals surface area (Å²) >= 11 is 0. The number of para-hydroxylation sites is 1. The minimum Gasteiger partial charge on any atom is -0.478 e. The van der Waals surface area contributed by atoms with Gasteiger partial charge in [-0.25, -0.2) is 9.59 Å². The van der Waals surface area contributed by atoms with Gasteiger partial charge < -0.3 is 10.0 Å². The third-order valence-corrected chi connectivity index (χ3v) is 3.16. The second kappa shape index (κ2) is 5.14. The van der Waals surface area contributed by atoms with Crippen LogP contribution in [0.1, 0.15) is 12.5 Å². The van der Waals surface area contributed by atoms with Crippen LogP contribution in [0.4, 0.5) is 10.5 Å². The van der Waals surface area contributed by atoms with Crippen LogP contribution in [0.15, 0.2) is 35.9 Å². The summed E-state index contributed by atoms with van der Waals surface area (Å²) in [5, 5.41) is 8.84. The molecule has 1 aliphatic heterocycles. The van der Waals surface area contributed by atoms with E-state index in [9.17, 15) is 9.59 Å². The van der Waals surface area contributed by atoms with Crippen molar-refractivity contribution in [2.45, 2.75) is 13.5 Å². The van der Waals surface area contributed by atoms with Gasteiger partial charge >= 0.3 is 12.0 Å². The number of carboxylic acids is 1. The lowest BCUT2D eigenvalue weighted by molar-refractivity contribution is -0.132. The van der Waals surface area contributed by atoms with Crippen molar-refractivity contribution in [3.05, 3.63) is 41.5 Å². The van der Waals surface area contributed by atoms with Gasteiger partial charge in [-0.05, 0) is 18.6 Å². The number of nitrogens with zero attached hydrogens (tertiary/aromatic N) is 2. The van der Waals surface area contributed by atoms with E-state index in [0.717, 1.165) is 11.3 Å². The molecular formula is C14H16N2O3. The molecule has 1 N–H and O–H groups in total. The molecule has 0 aromatic heterocycles. The smallest absolute Gasteiger partial charge is 0.331 e. The molecule has 0 saturated heterocycles. The van der Waals surface area contributed by atoms with Crippen LogP contribution in [0.25, 0.3) is 0 Å². The summed E-state index contributed by atoms with van der Waals surface area (Å²) in [5.41, 5.74) is 2.14. The first-order valence-electron chi connectivity index (χ1n) is 6.01. The monoisotopic (exact) mass is 260 g/mol. The summed E-state index contributed by atoms with van der Waals surface area (Å²) in [5.74, 6) is -0.967. The number of aliphatic carboxylic acids is 1. The van der Waals surface area contributed by atoms with Crippen LogP contribution in [-0.4, -0.2) is 35.6 Å². The van der Waals surface area contributed by atoms with E-state index in [1.54, 1.807) is 22.9 Å². The second-order valence-corrected chi connectivity index (χ2v) is 4.57. The quantitative estimate of drug-likeness (QED) is 0.846. The van der Waals surface area contributed by atoms with Gasteiger partial charge in [0.2, 0.25) is 0 Å². The Balaban J connectivity index is 2.31. The second-order valence-electron chi connectivity index (χ2n) is 4.57. The van der Waals surface area contributed by atoms with E-state index in [0.29, 0.717) is 6.54 Å². The van der Waals surface area contributed by atoms with Crippen LogP contribution in [0.5, 0.6) is 0 Å². The van der Waals surface area contributed by atoms with E-state index in [2.05, 4.69) is 0 Å². The number of hydrogen-bond donors (Lipinski definition) is 1. The van der Waals surface area contributed by atoms with E-state index in [1.165, 1.54) is 6.92 Å². The highest BCUT2D eigenvalue weighted by Crippen LogP contribution is 2.27. The molecule has 5 nitrogen and oxygen atoms in total. The van der Waals surface area contributed by atoms with Crippen molar-refractivity contribution < 1.29 is 14.7 Å². The molecule has 0 aliphatic carbocycles. The number of carbonyl (C=O) groups excluding carboxylic acids is 1. The number of hydrogen-bond acceptors (Lipinski definition) is 2. The van der Waals surface area contributed by atoms with E-state index < -0.39 is 5.97 Å². The van der Waals surface area contributed by atoms with E-state index in [1.807, 2.05) is 24.3 Å². The van der Waals surface area contributed by atoms with Crippen LogP contribution < -0.4 is 4.90 Å². The lowest BCUT2D eigenvalue weighted by atomic mass is 10.1. The molecule has 2 rings (SSSR count). The van der Waals surface area contributed by atoms with Gasteiger partial charge in [-0.15, -0.1) is 0 Å². The number of fused-ring (bicyclic) bond motifs is 1. The van der Waals surface area contributed by atoms with Crippen molar-refractivity contribution in [2.75, 3.05) is 18.5 Å². The highest BCUT2D eigenvalue weighted by Gasteiger charge is 2.26. The number of carboxylic acid groups (broad SMARTS) is 1. The van der Waals surface area contributed by atoms with Crippen molar-refractivity contribution in [2.24, 2.45) is 0 Å². The molecule has 2 amide bonds. The van der Waals surface area contributed by atoms with Crippen LogP contribution in [-0.2, 0) is 11.3 Å². The van der Waals surface area contributed by atoms with Crippen LogP contribution in [0.3, 0.4) is 0 Å². The normalized spacial score (nSPS) is 15.5. The molecule has 1 aliphatic rings. The molecule has 100 valence electrons. The lowest BCUT2D eigenvalue weighted by Gasteiger charge is -2.34. The summed E-state index contributed by atoms with van der Waals surface area (Å²) < 4.78 is 0. The molecule has 0 fully saturated rings. The fourth-order valence-electron chi connectivity index (χ4n) is 2.03. The fourth-order valence-corrected chi connectivity index (χ4v) is 2.03. The third kappa shape index (κ3) is 2.59. The molecule has 0 unspecified atom stereocenters. The van der Waals surface area contributed by atoms with E-state index in [-0.39, 0.29) is 18.1 Å². The zero-order chi connectivity index (χ0) is 14.0. The SMILES string of the molecule is C/C(=C/CN1C(=O)N(C)Cc2ccccc21)C(=O)O. The van der Waals surface area contributed by atoms with Crippen molar-refractivity contribution in [3.63, 3.8) is 0 Å². The standard InChI is InChI=1S/C14H16N2O3/c1-10(13(17)18)7-8-16-12-6-4-3-5-11(12)9-15(2)14(16)19/h3-7H,8-9H2,1-2H3,(H,17,18)/b10-7-. The molecule has 1 aromatic carbocycles. The maximum absolute atomic E-state index is 12.1. The summed E-state index contributed by atoms with van der Waals surface area (Å²) in [6, 6.07) is 7.54. The van der Waals surface area contributed by atoms with Gasteiger partial charge in [0.15, 0.2) is 0 Å². The molecular weight excluding hydrogens is 244 g/mol. The van der Waals surface area contributed by atoms with Crippen molar-refractivity contribution in [1.29, 1.82) is 0 Å². The zero-order valence-electron chi connectivity index (χ0n) is 11.0. The summed E-state index contributed by atoms with van der Waals surface area (Å²) in [7, 11) is 1.74. The lowest BCUT2D eigenvalue weighted by Crippen LogP contribution is -2.45. The molecule has 0 spiro atoms. The van der Waals surface area contributed by atoms with Gasteiger partial charge in [0.05, 0.1) is 5.69 Å². The van der Waals surface area contributed by atoms with Gasteiger partial charge in [-0.3, -0.25) is 4.90 Å². The molecule has 0 bridgehead atoms. The first-order chi connectivity index (χ1) is 9.00. The summed E-state index contributed by atoms with van der Waals surface area (Å²) in [6.45, 7) is 2.36. The maximum atomic E-state index is 12.1. The number of carbonyl (C=O) groups is 2. The van der Waals surface area contributed by atoms with Crippen LogP contribution >= 0.6 is 0 Å². The Hall–Kier alpha value is -2.30. The molecule has 0 radical (unpaired) electrons. The number of anilines is 1. The number of urea groups is 1. The highest BCUT2D eigenvalue weighted by atomic mass is 16.4. The maximum Gasteiger partial charge on any atom is 0.331 e. The van der Waals surface area contributed by atoms with E-state index in [4.69, 9.17) is 5.11 Å². The van der Waals surface area contributed by atoms with Crippen molar-refractivity contribution in [3.8, 4) is 0 Å². The molecule has 19 heavy (non-hydrogen) atoms. The minimum absolute atomic E-state index is 0.117. The Morgan fingerprint density at radius 3 is 2.79 bits per heavy atom. The van der Waals surface area contributed by atoms with Crippen molar-refractivity contribution in [1.82, 2.24) is 4.90 Å². The molecule has 1 heterocycles. The van der Waals surface area contributed by atoms with Crippen molar-refractivity contribution >= 4 is 17.7 Å². The molecule has 5 heteroatoms. The number of benzene rings is 1. The molecule has 1 aromatic rings. The first-order valence-corrected chi connectivity index (χ1v) is 6.01. The van der Waals surface area contributed by atoms with Gasteiger partial charge in [-0.2, -0.15) is 0 Å². The predicted octanol–water partition coefficient (Wildman–Crippen LogP) is 2.09. The number of amides is 2. The fraction of sp³-hybridized carbons (Fsp3) is 0.286.